The predicted molar refractivity (Wildman–Crippen MR) is 76.7 cm³/mol. The van der Waals surface area contributed by atoms with Crippen LogP contribution in [0.2, 0.25) is 0 Å². The Labute approximate surface area is 117 Å². The van der Waals surface area contributed by atoms with Crippen LogP contribution >= 0.6 is 0 Å². The average Bonchev–Trinajstić information content (AvgIpc) is 2.47. The highest BCUT2D eigenvalue weighted by Gasteiger charge is 2.13. The van der Waals surface area contributed by atoms with E-state index in [4.69, 9.17) is 5.11 Å². The predicted octanol–water partition coefficient (Wildman–Crippen LogP) is 2.50. The number of nitrogens with zero attached hydrogens (tertiary/aromatic N) is 1. The summed E-state index contributed by atoms with van der Waals surface area (Å²) in [5.74, 6) is -0.805. The molecule has 2 rings (SSSR count). The molecule has 2 N–H and O–H groups in total. The van der Waals surface area contributed by atoms with Gasteiger partial charge in [0.25, 0.3) is 0 Å². The van der Waals surface area contributed by atoms with E-state index in [9.17, 15) is 9.59 Å². The maximum atomic E-state index is 12.0. The Morgan fingerprint density at radius 1 is 1.20 bits per heavy atom. The van der Waals surface area contributed by atoms with Crippen LogP contribution in [0.15, 0.2) is 36.4 Å². The number of hydrogen-bond donors (Lipinski definition) is 2. The van der Waals surface area contributed by atoms with Crippen LogP contribution in [0.3, 0.4) is 0 Å². The fourth-order valence-corrected chi connectivity index (χ4v) is 2.03. The Hall–Kier alpha value is -2.30. The molecule has 1 aliphatic rings. The van der Waals surface area contributed by atoms with Gasteiger partial charge in [-0.3, -0.25) is 4.79 Å². The second-order valence-corrected chi connectivity index (χ2v) is 4.73. The van der Waals surface area contributed by atoms with Crippen molar-refractivity contribution in [2.45, 2.75) is 19.3 Å². The SMILES string of the molecule is O=C(O)CCc1ccc(NC(=O)N2CC=CCC2)cc1. The van der Waals surface area contributed by atoms with Gasteiger partial charge in [-0.25, -0.2) is 4.79 Å². The number of carboxylic acid groups (broad SMARTS) is 1. The van der Waals surface area contributed by atoms with E-state index in [0.717, 1.165) is 24.2 Å². The molecule has 0 unspecified atom stereocenters. The zero-order valence-corrected chi connectivity index (χ0v) is 11.2. The number of rotatable bonds is 4. The standard InChI is InChI=1S/C15H18N2O3/c18-14(19)9-6-12-4-7-13(8-5-12)16-15(20)17-10-2-1-3-11-17/h1-2,4-5,7-8H,3,6,9-11H2,(H,16,20)(H,18,19). The maximum absolute atomic E-state index is 12.0. The number of aryl methyl sites for hydroxylation is 1. The number of anilines is 1. The average molecular weight is 274 g/mol. The summed E-state index contributed by atoms with van der Waals surface area (Å²) in [6.45, 7) is 1.38. The van der Waals surface area contributed by atoms with Crippen LogP contribution in [0, 0.1) is 0 Å². The van der Waals surface area contributed by atoms with E-state index in [1.54, 1.807) is 17.0 Å². The molecule has 0 saturated carbocycles. The highest BCUT2D eigenvalue weighted by molar-refractivity contribution is 5.89. The molecule has 0 radical (unpaired) electrons. The highest BCUT2D eigenvalue weighted by atomic mass is 16.4. The van der Waals surface area contributed by atoms with E-state index in [0.29, 0.717) is 13.0 Å². The maximum Gasteiger partial charge on any atom is 0.322 e. The lowest BCUT2D eigenvalue weighted by Crippen LogP contribution is -2.37. The lowest BCUT2D eigenvalue weighted by molar-refractivity contribution is -0.136. The number of carbonyl (C=O) groups excluding carboxylic acids is 1. The van der Waals surface area contributed by atoms with Crippen molar-refractivity contribution in [3.63, 3.8) is 0 Å². The van der Waals surface area contributed by atoms with Crippen molar-refractivity contribution in [1.82, 2.24) is 4.90 Å². The zero-order valence-electron chi connectivity index (χ0n) is 11.2. The van der Waals surface area contributed by atoms with Crippen molar-refractivity contribution in [1.29, 1.82) is 0 Å². The number of nitrogens with one attached hydrogen (secondary N) is 1. The molecule has 0 aliphatic carbocycles. The Bertz CT molecular complexity index is 508. The number of carboxylic acids is 1. The Morgan fingerprint density at radius 3 is 2.55 bits per heavy atom. The van der Waals surface area contributed by atoms with Gasteiger partial charge in [-0.05, 0) is 30.5 Å². The summed E-state index contributed by atoms with van der Waals surface area (Å²) in [5, 5.41) is 11.5. The summed E-state index contributed by atoms with van der Waals surface area (Å²) in [5.41, 5.74) is 1.68. The first kappa shape index (κ1) is 14.1. The van der Waals surface area contributed by atoms with Crippen LogP contribution in [0.5, 0.6) is 0 Å². The van der Waals surface area contributed by atoms with Crippen molar-refractivity contribution < 1.29 is 14.7 Å². The lowest BCUT2D eigenvalue weighted by Gasteiger charge is -2.23. The van der Waals surface area contributed by atoms with Gasteiger partial charge in [-0.1, -0.05) is 24.3 Å². The molecule has 20 heavy (non-hydrogen) atoms. The molecule has 1 aromatic carbocycles. The van der Waals surface area contributed by atoms with Crippen LogP contribution in [0.25, 0.3) is 0 Å². The Balaban J connectivity index is 1.88. The molecule has 106 valence electrons. The van der Waals surface area contributed by atoms with E-state index in [2.05, 4.69) is 11.4 Å². The lowest BCUT2D eigenvalue weighted by atomic mass is 10.1. The topological polar surface area (TPSA) is 69.6 Å². The molecule has 0 aromatic heterocycles. The first-order valence-electron chi connectivity index (χ1n) is 6.67. The van der Waals surface area contributed by atoms with E-state index in [1.807, 2.05) is 18.2 Å². The minimum atomic E-state index is -0.805. The molecule has 0 bridgehead atoms. The van der Waals surface area contributed by atoms with E-state index < -0.39 is 5.97 Å². The summed E-state index contributed by atoms with van der Waals surface area (Å²) in [6, 6.07) is 7.18. The first-order chi connectivity index (χ1) is 9.65. The van der Waals surface area contributed by atoms with Gasteiger partial charge >= 0.3 is 12.0 Å². The molecular weight excluding hydrogens is 256 g/mol. The monoisotopic (exact) mass is 274 g/mol. The van der Waals surface area contributed by atoms with Crippen LogP contribution in [-0.2, 0) is 11.2 Å². The Kier molecular flexibility index (Phi) is 4.76. The molecule has 0 atom stereocenters. The molecule has 5 nitrogen and oxygen atoms in total. The molecular formula is C15H18N2O3. The summed E-state index contributed by atoms with van der Waals surface area (Å²) in [4.78, 5) is 24.2. The number of urea groups is 1. The van der Waals surface area contributed by atoms with E-state index in [-0.39, 0.29) is 12.5 Å². The number of hydrogen-bond acceptors (Lipinski definition) is 2. The molecule has 0 spiro atoms. The Morgan fingerprint density at radius 2 is 1.95 bits per heavy atom. The third-order valence-electron chi connectivity index (χ3n) is 3.18. The van der Waals surface area contributed by atoms with Crippen molar-refractivity contribution in [2.24, 2.45) is 0 Å². The molecule has 2 amide bonds. The largest absolute Gasteiger partial charge is 0.481 e. The minimum absolute atomic E-state index is 0.104. The summed E-state index contributed by atoms with van der Waals surface area (Å²) in [6.07, 6.45) is 5.56. The fraction of sp³-hybridized carbons (Fsp3) is 0.333. The summed E-state index contributed by atoms with van der Waals surface area (Å²) < 4.78 is 0. The molecule has 1 aliphatic heterocycles. The molecule has 1 aromatic rings. The van der Waals surface area contributed by atoms with Gasteiger partial charge in [0.05, 0.1) is 0 Å². The van der Waals surface area contributed by atoms with Crippen molar-refractivity contribution in [3.8, 4) is 0 Å². The van der Waals surface area contributed by atoms with E-state index >= 15 is 0 Å². The van der Waals surface area contributed by atoms with Crippen molar-refractivity contribution in [2.75, 3.05) is 18.4 Å². The number of carbonyl (C=O) groups is 2. The van der Waals surface area contributed by atoms with E-state index in [1.165, 1.54) is 0 Å². The highest BCUT2D eigenvalue weighted by Crippen LogP contribution is 2.12. The van der Waals surface area contributed by atoms with Crippen LogP contribution in [0.4, 0.5) is 10.5 Å². The van der Waals surface area contributed by atoms with Gasteiger partial charge in [0, 0.05) is 25.2 Å². The number of benzene rings is 1. The quantitative estimate of drug-likeness (QED) is 0.829. The first-order valence-corrected chi connectivity index (χ1v) is 6.67. The molecule has 0 saturated heterocycles. The third kappa shape index (κ3) is 4.12. The summed E-state index contributed by atoms with van der Waals surface area (Å²) >= 11 is 0. The minimum Gasteiger partial charge on any atom is -0.481 e. The van der Waals surface area contributed by atoms with Gasteiger partial charge in [-0.15, -0.1) is 0 Å². The van der Waals surface area contributed by atoms with Crippen LogP contribution < -0.4 is 5.32 Å². The molecule has 1 heterocycles. The summed E-state index contributed by atoms with van der Waals surface area (Å²) in [7, 11) is 0. The zero-order chi connectivity index (χ0) is 14.4. The van der Waals surface area contributed by atoms with Gasteiger partial charge in [0.2, 0.25) is 0 Å². The van der Waals surface area contributed by atoms with Crippen LogP contribution in [0.1, 0.15) is 18.4 Å². The van der Waals surface area contributed by atoms with Crippen LogP contribution in [-0.4, -0.2) is 35.1 Å². The van der Waals surface area contributed by atoms with Gasteiger partial charge in [-0.2, -0.15) is 0 Å². The molecule has 5 heteroatoms. The van der Waals surface area contributed by atoms with Gasteiger partial charge in [0.1, 0.15) is 0 Å². The van der Waals surface area contributed by atoms with Crippen molar-refractivity contribution in [3.05, 3.63) is 42.0 Å². The number of aliphatic carboxylic acids is 1. The second kappa shape index (κ2) is 6.75. The smallest absolute Gasteiger partial charge is 0.322 e. The third-order valence-corrected chi connectivity index (χ3v) is 3.18. The molecule has 0 fully saturated rings. The van der Waals surface area contributed by atoms with Crippen molar-refractivity contribution >= 4 is 17.7 Å². The van der Waals surface area contributed by atoms with Gasteiger partial charge in [0.15, 0.2) is 0 Å². The fourth-order valence-electron chi connectivity index (χ4n) is 2.03. The number of amides is 2. The second-order valence-electron chi connectivity index (χ2n) is 4.73. The van der Waals surface area contributed by atoms with Gasteiger partial charge < -0.3 is 15.3 Å². The normalized spacial score (nSPS) is 14.1.